The average molecular weight is 322 g/mol. The van der Waals surface area contributed by atoms with Gasteiger partial charge in [-0.2, -0.15) is 5.26 Å². The first-order valence-corrected chi connectivity index (χ1v) is 8.93. The van der Waals surface area contributed by atoms with Gasteiger partial charge in [-0.15, -0.1) is 0 Å². The van der Waals surface area contributed by atoms with Crippen molar-refractivity contribution in [1.82, 2.24) is 4.90 Å². The number of unbranched alkanes of at least 4 members (excludes halogenated alkanes) is 1. The van der Waals surface area contributed by atoms with Gasteiger partial charge in [-0.3, -0.25) is 4.90 Å². The number of benzene rings is 1. The van der Waals surface area contributed by atoms with Crippen LogP contribution in [0.2, 0.25) is 0 Å². The molecule has 22 heavy (non-hydrogen) atoms. The molecule has 0 fully saturated rings. The quantitative estimate of drug-likeness (QED) is 0.794. The molecule has 0 radical (unpaired) electrons. The molecule has 0 aromatic heterocycles. The Morgan fingerprint density at radius 3 is 2.82 bits per heavy atom. The average Bonchev–Trinajstić information content (AvgIpc) is 2.84. The van der Waals surface area contributed by atoms with Gasteiger partial charge in [0.2, 0.25) is 0 Å². The SMILES string of the molecule is CCCCOC(=O)N1Cc2cc(S(C)(=O)=O)ccc2C1C#N. The minimum absolute atomic E-state index is 0.182. The molecule has 0 spiro atoms. The van der Waals surface area contributed by atoms with Gasteiger partial charge >= 0.3 is 6.09 Å². The summed E-state index contributed by atoms with van der Waals surface area (Å²) in [6, 6.07) is 5.92. The van der Waals surface area contributed by atoms with Crippen LogP contribution in [0.5, 0.6) is 0 Å². The van der Waals surface area contributed by atoms with Gasteiger partial charge in [0.25, 0.3) is 0 Å². The van der Waals surface area contributed by atoms with Gasteiger partial charge in [-0.25, -0.2) is 13.2 Å². The molecule has 118 valence electrons. The first kappa shape index (κ1) is 16.3. The summed E-state index contributed by atoms with van der Waals surface area (Å²) in [6.07, 6.45) is 2.26. The monoisotopic (exact) mass is 322 g/mol. The third-order valence-electron chi connectivity index (χ3n) is 3.57. The highest BCUT2D eigenvalue weighted by molar-refractivity contribution is 7.90. The Morgan fingerprint density at radius 1 is 1.50 bits per heavy atom. The van der Waals surface area contributed by atoms with Crippen LogP contribution >= 0.6 is 0 Å². The lowest BCUT2D eigenvalue weighted by molar-refractivity contribution is 0.0953. The maximum absolute atomic E-state index is 12.1. The molecular weight excluding hydrogens is 304 g/mol. The highest BCUT2D eigenvalue weighted by atomic mass is 32.2. The molecule has 0 bridgehead atoms. The van der Waals surface area contributed by atoms with Gasteiger partial charge in [0, 0.05) is 6.26 Å². The van der Waals surface area contributed by atoms with Gasteiger partial charge in [-0.05, 0) is 29.7 Å². The highest BCUT2D eigenvalue weighted by Crippen LogP contribution is 2.35. The zero-order chi connectivity index (χ0) is 16.3. The van der Waals surface area contributed by atoms with Crippen molar-refractivity contribution < 1.29 is 17.9 Å². The zero-order valence-electron chi connectivity index (χ0n) is 12.6. The van der Waals surface area contributed by atoms with Crippen LogP contribution in [0.4, 0.5) is 4.79 Å². The fraction of sp³-hybridized carbons (Fsp3) is 0.467. The summed E-state index contributed by atoms with van der Waals surface area (Å²) in [5.41, 5.74) is 1.32. The second-order valence-corrected chi connectivity index (χ2v) is 7.28. The van der Waals surface area contributed by atoms with Crippen LogP contribution in [0.15, 0.2) is 23.1 Å². The number of rotatable bonds is 4. The van der Waals surface area contributed by atoms with Gasteiger partial charge in [0.15, 0.2) is 9.84 Å². The predicted molar refractivity (Wildman–Crippen MR) is 79.7 cm³/mol. The maximum Gasteiger partial charge on any atom is 0.411 e. The number of ether oxygens (including phenoxy) is 1. The molecule has 7 heteroatoms. The molecule has 1 aliphatic heterocycles. The molecule has 0 N–H and O–H groups in total. The summed E-state index contributed by atoms with van der Waals surface area (Å²) in [6.45, 7) is 2.49. The normalized spacial score (nSPS) is 17.0. The summed E-state index contributed by atoms with van der Waals surface area (Å²) in [4.78, 5) is 13.6. The van der Waals surface area contributed by atoms with E-state index >= 15 is 0 Å². The van der Waals surface area contributed by atoms with Crippen molar-refractivity contribution in [1.29, 1.82) is 5.26 Å². The summed E-state index contributed by atoms with van der Waals surface area (Å²) in [7, 11) is -3.32. The van der Waals surface area contributed by atoms with Crippen LogP contribution in [0.25, 0.3) is 0 Å². The number of hydrogen-bond donors (Lipinski definition) is 0. The largest absolute Gasteiger partial charge is 0.449 e. The molecule has 1 aromatic carbocycles. The molecule has 6 nitrogen and oxygen atoms in total. The predicted octanol–water partition coefficient (Wildman–Crippen LogP) is 2.41. The summed E-state index contributed by atoms with van der Waals surface area (Å²) >= 11 is 0. The van der Waals surface area contributed by atoms with Crippen LogP contribution in [-0.4, -0.2) is 32.3 Å². The first-order valence-electron chi connectivity index (χ1n) is 7.04. The third kappa shape index (κ3) is 3.22. The Morgan fingerprint density at radius 2 is 2.23 bits per heavy atom. The number of hydrogen-bond acceptors (Lipinski definition) is 5. The molecule has 1 heterocycles. The van der Waals surface area contributed by atoms with E-state index in [4.69, 9.17) is 4.74 Å². The van der Waals surface area contributed by atoms with Crippen LogP contribution in [0.3, 0.4) is 0 Å². The van der Waals surface area contributed by atoms with Gasteiger partial charge in [0.05, 0.1) is 24.1 Å². The summed E-state index contributed by atoms with van der Waals surface area (Å²) in [5.74, 6) is 0. The molecule has 0 aliphatic carbocycles. The lowest BCUT2D eigenvalue weighted by Crippen LogP contribution is -2.29. The van der Waals surface area contributed by atoms with Crippen molar-refractivity contribution in [3.63, 3.8) is 0 Å². The number of carbonyl (C=O) groups excluding carboxylic acids is 1. The zero-order valence-corrected chi connectivity index (χ0v) is 13.4. The van der Waals surface area contributed by atoms with E-state index in [1.54, 1.807) is 6.07 Å². The van der Waals surface area contributed by atoms with Crippen molar-refractivity contribution >= 4 is 15.9 Å². The van der Waals surface area contributed by atoms with E-state index in [9.17, 15) is 18.5 Å². The molecular formula is C15H18N2O4S. The summed E-state index contributed by atoms with van der Waals surface area (Å²) in [5, 5.41) is 9.32. The third-order valence-corrected chi connectivity index (χ3v) is 4.68. The van der Waals surface area contributed by atoms with Crippen molar-refractivity contribution in [3.8, 4) is 6.07 Å². The molecule has 0 saturated carbocycles. The second kappa shape index (κ2) is 6.36. The van der Waals surface area contributed by atoms with E-state index in [1.165, 1.54) is 17.0 Å². The molecule has 0 saturated heterocycles. The van der Waals surface area contributed by atoms with E-state index in [-0.39, 0.29) is 11.4 Å². The second-order valence-electron chi connectivity index (χ2n) is 5.26. The van der Waals surface area contributed by atoms with Crippen LogP contribution in [-0.2, 0) is 21.1 Å². The molecule has 1 aromatic rings. The Kier molecular flexibility index (Phi) is 4.71. The van der Waals surface area contributed by atoms with Crippen molar-refractivity contribution in [2.24, 2.45) is 0 Å². The topological polar surface area (TPSA) is 87.5 Å². The fourth-order valence-electron chi connectivity index (χ4n) is 2.36. The maximum atomic E-state index is 12.1. The van der Waals surface area contributed by atoms with Gasteiger partial charge < -0.3 is 4.74 Å². The molecule has 1 aliphatic rings. The van der Waals surface area contributed by atoms with Crippen molar-refractivity contribution in [3.05, 3.63) is 29.3 Å². The van der Waals surface area contributed by atoms with Crippen LogP contribution in [0, 0.1) is 11.3 Å². The Bertz CT molecular complexity index is 722. The van der Waals surface area contributed by atoms with E-state index in [2.05, 4.69) is 6.07 Å². The molecule has 1 atom stereocenters. The van der Waals surface area contributed by atoms with Crippen LogP contribution in [0.1, 0.15) is 36.9 Å². The van der Waals surface area contributed by atoms with Gasteiger partial charge in [0.1, 0.15) is 6.04 Å². The number of carbonyl (C=O) groups is 1. The summed E-state index contributed by atoms with van der Waals surface area (Å²) < 4.78 is 28.4. The Balaban J connectivity index is 2.24. The Labute approximate surface area is 130 Å². The number of nitrogens with zero attached hydrogens (tertiary/aromatic N) is 2. The van der Waals surface area contributed by atoms with E-state index < -0.39 is 22.0 Å². The smallest absolute Gasteiger partial charge is 0.411 e. The lowest BCUT2D eigenvalue weighted by atomic mass is 10.1. The van der Waals surface area contributed by atoms with Crippen molar-refractivity contribution in [2.45, 2.75) is 37.2 Å². The number of fused-ring (bicyclic) bond motifs is 1. The molecule has 2 rings (SSSR count). The number of amides is 1. The minimum Gasteiger partial charge on any atom is -0.449 e. The van der Waals surface area contributed by atoms with Crippen molar-refractivity contribution in [2.75, 3.05) is 12.9 Å². The fourth-order valence-corrected chi connectivity index (χ4v) is 3.03. The Hall–Kier alpha value is -2.07. The van der Waals surface area contributed by atoms with Crippen LogP contribution < -0.4 is 0 Å². The standard InChI is InChI=1S/C15H18N2O4S/c1-3-4-7-21-15(18)17-10-11-8-12(22(2,19)20)5-6-13(11)14(17)9-16/h5-6,8,14H,3-4,7,10H2,1-2H3. The van der Waals surface area contributed by atoms with Gasteiger partial charge in [-0.1, -0.05) is 19.4 Å². The minimum atomic E-state index is -3.32. The molecule has 1 amide bonds. The number of sulfone groups is 1. The van der Waals surface area contributed by atoms with E-state index in [0.717, 1.165) is 19.1 Å². The lowest BCUT2D eigenvalue weighted by Gasteiger charge is -2.19. The number of nitriles is 1. The molecule has 1 unspecified atom stereocenters. The highest BCUT2D eigenvalue weighted by Gasteiger charge is 2.35. The first-order chi connectivity index (χ1) is 10.4. The van der Waals surface area contributed by atoms with E-state index in [0.29, 0.717) is 17.7 Å². The van der Waals surface area contributed by atoms with E-state index in [1.807, 2.05) is 6.92 Å².